The number of carbonyl (C=O) groups excluding carboxylic acids is 1. The standard InChI is InChI=1S/C16H16N4O4S2/c1-11-5-10-24-15(11)16(21)19-6-8-20(9-7-19)26(22,23)13-4-2-3-12-14(13)18-25-17-12/h2-5,10H,6-9H2,1H3. The second-order valence-corrected chi connectivity index (χ2v) is 8.45. The lowest BCUT2D eigenvalue weighted by molar-refractivity contribution is 0.0665. The van der Waals surface area contributed by atoms with Gasteiger partial charge in [0, 0.05) is 31.7 Å². The van der Waals surface area contributed by atoms with Crippen molar-refractivity contribution in [1.82, 2.24) is 18.0 Å². The van der Waals surface area contributed by atoms with Crippen LogP contribution in [0.4, 0.5) is 0 Å². The molecule has 0 spiro atoms. The van der Waals surface area contributed by atoms with Gasteiger partial charge in [-0.3, -0.25) is 4.79 Å². The second kappa shape index (κ2) is 6.45. The fourth-order valence-electron chi connectivity index (χ4n) is 3.00. The summed E-state index contributed by atoms with van der Waals surface area (Å²) in [6, 6.07) is 6.68. The van der Waals surface area contributed by atoms with Gasteiger partial charge >= 0.3 is 0 Å². The van der Waals surface area contributed by atoms with E-state index in [2.05, 4.69) is 8.75 Å². The minimum absolute atomic E-state index is 0.158. The van der Waals surface area contributed by atoms with Gasteiger partial charge in [0.05, 0.1) is 18.0 Å². The predicted octanol–water partition coefficient (Wildman–Crippen LogP) is 1.74. The number of hydrogen-bond donors (Lipinski definition) is 0. The van der Waals surface area contributed by atoms with E-state index in [-0.39, 0.29) is 23.9 Å². The summed E-state index contributed by atoms with van der Waals surface area (Å²) in [5, 5.41) is 0. The SMILES string of the molecule is Cc1ccoc1C(=O)N1CCN(S(=O)(=O)c2cccc3nsnc23)CC1. The number of sulfonamides is 1. The van der Waals surface area contributed by atoms with Gasteiger partial charge in [0.2, 0.25) is 10.0 Å². The van der Waals surface area contributed by atoms with Gasteiger partial charge in [-0.15, -0.1) is 0 Å². The van der Waals surface area contributed by atoms with Gasteiger partial charge in [-0.05, 0) is 25.1 Å². The van der Waals surface area contributed by atoms with E-state index in [9.17, 15) is 13.2 Å². The van der Waals surface area contributed by atoms with Crippen molar-refractivity contribution in [3.8, 4) is 0 Å². The maximum absolute atomic E-state index is 13.0. The van der Waals surface area contributed by atoms with Crippen LogP contribution in [0.5, 0.6) is 0 Å². The van der Waals surface area contributed by atoms with Crippen LogP contribution < -0.4 is 0 Å². The topological polar surface area (TPSA) is 96.6 Å². The summed E-state index contributed by atoms with van der Waals surface area (Å²) in [7, 11) is -3.69. The minimum atomic E-state index is -3.69. The molecular weight excluding hydrogens is 376 g/mol. The summed E-state index contributed by atoms with van der Waals surface area (Å²) < 4.78 is 40.8. The summed E-state index contributed by atoms with van der Waals surface area (Å²) >= 11 is 0.988. The Morgan fingerprint density at radius 3 is 2.62 bits per heavy atom. The van der Waals surface area contributed by atoms with E-state index in [0.29, 0.717) is 29.9 Å². The van der Waals surface area contributed by atoms with Crippen LogP contribution in [0.25, 0.3) is 11.0 Å². The average Bonchev–Trinajstić information content (AvgIpc) is 3.29. The molecule has 4 rings (SSSR count). The smallest absolute Gasteiger partial charge is 0.289 e. The molecule has 2 aromatic heterocycles. The summed E-state index contributed by atoms with van der Waals surface area (Å²) in [6.07, 6.45) is 1.48. The van der Waals surface area contributed by atoms with E-state index < -0.39 is 10.0 Å². The third-order valence-corrected chi connectivity index (χ3v) is 6.92. The Morgan fingerprint density at radius 1 is 1.15 bits per heavy atom. The maximum Gasteiger partial charge on any atom is 0.289 e. The van der Waals surface area contributed by atoms with Crippen molar-refractivity contribution in [3.05, 3.63) is 41.9 Å². The van der Waals surface area contributed by atoms with Crippen LogP contribution in [0.3, 0.4) is 0 Å². The summed E-state index contributed by atoms with van der Waals surface area (Å²) in [4.78, 5) is 14.3. The van der Waals surface area contributed by atoms with Gasteiger partial charge in [-0.25, -0.2) is 8.42 Å². The first-order chi connectivity index (χ1) is 12.5. The van der Waals surface area contributed by atoms with Crippen LogP contribution in [0.15, 0.2) is 39.8 Å². The average molecular weight is 392 g/mol. The molecule has 0 unspecified atom stereocenters. The molecule has 10 heteroatoms. The highest BCUT2D eigenvalue weighted by Gasteiger charge is 2.33. The fraction of sp³-hybridized carbons (Fsp3) is 0.312. The Bertz CT molecular complexity index is 1060. The van der Waals surface area contributed by atoms with Crippen LogP contribution >= 0.6 is 11.7 Å². The molecule has 1 aromatic carbocycles. The first-order valence-electron chi connectivity index (χ1n) is 8.03. The number of fused-ring (bicyclic) bond motifs is 1. The first-order valence-corrected chi connectivity index (χ1v) is 10.2. The Morgan fingerprint density at radius 2 is 1.92 bits per heavy atom. The molecule has 0 aliphatic carbocycles. The van der Waals surface area contributed by atoms with Crippen LogP contribution in [0.2, 0.25) is 0 Å². The van der Waals surface area contributed by atoms with Gasteiger partial charge in [0.1, 0.15) is 15.9 Å². The molecule has 0 bridgehead atoms. The number of hydrogen-bond acceptors (Lipinski definition) is 7. The van der Waals surface area contributed by atoms with Gasteiger partial charge < -0.3 is 9.32 Å². The molecule has 3 aromatic rings. The molecule has 0 saturated carbocycles. The van der Waals surface area contributed by atoms with Gasteiger partial charge in [0.15, 0.2) is 5.76 Å². The van der Waals surface area contributed by atoms with Crippen molar-refractivity contribution in [2.45, 2.75) is 11.8 Å². The van der Waals surface area contributed by atoms with Crippen molar-refractivity contribution < 1.29 is 17.6 Å². The Balaban J connectivity index is 1.53. The van der Waals surface area contributed by atoms with Gasteiger partial charge in [-0.1, -0.05) is 6.07 Å². The van der Waals surface area contributed by atoms with Gasteiger partial charge in [-0.2, -0.15) is 13.1 Å². The third-order valence-electron chi connectivity index (χ3n) is 4.45. The highest BCUT2D eigenvalue weighted by molar-refractivity contribution is 7.89. The molecule has 0 N–H and O–H groups in total. The van der Waals surface area contributed by atoms with Crippen molar-refractivity contribution in [3.63, 3.8) is 0 Å². The molecule has 136 valence electrons. The number of carbonyl (C=O) groups is 1. The maximum atomic E-state index is 13.0. The van der Waals surface area contributed by atoms with Crippen LogP contribution in [0, 0.1) is 6.92 Å². The van der Waals surface area contributed by atoms with Crippen LogP contribution in [-0.4, -0.2) is 58.5 Å². The number of rotatable bonds is 3. The van der Waals surface area contributed by atoms with Crippen molar-refractivity contribution in [2.75, 3.05) is 26.2 Å². The largest absolute Gasteiger partial charge is 0.459 e. The Hall–Kier alpha value is -2.30. The molecule has 1 saturated heterocycles. The van der Waals surface area contributed by atoms with E-state index in [1.165, 1.54) is 10.6 Å². The molecule has 1 fully saturated rings. The van der Waals surface area contributed by atoms with E-state index in [1.807, 2.05) is 0 Å². The molecule has 8 nitrogen and oxygen atoms in total. The van der Waals surface area contributed by atoms with Crippen LogP contribution in [-0.2, 0) is 10.0 Å². The summed E-state index contributed by atoms with van der Waals surface area (Å²) in [6.45, 7) is 2.87. The zero-order valence-electron chi connectivity index (χ0n) is 14.0. The lowest BCUT2D eigenvalue weighted by Crippen LogP contribution is -2.50. The van der Waals surface area contributed by atoms with Crippen molar-refractivity contribution in [1.29, 1.82) is 0 Å². The quantitative estimate of drug-likeness (QED) is 0.674. The zero-order chi connectivity index (χ0) is 18.3. The molecule has 1 aliphatic heterocycles. The van der Waals surface area contributed by atoms with E-state index in [4.69, 9.17) is 4.42 Å². The number of benzene rings is 1. The molecule has 1 aliphatic rings. The number of aryl methyl sites for hydroxylation is 1. The predicted molar refractivity (Wildman–Crippen MR) is 95.5 cm³/mol. The fourth-order valence-corrected chi connectivity index (χ4v) is 5.17. The number of piperazine rings is 1. The van der Waals surface area contributed by atoms with Crippen LogP contribution in [0.1, 0.15) is 16.1 Å². The second-order valence-electron chi connectivity index (χ2n) is 6.02. The normalized spacial score (nSPS) is 16.3. The Kier molecular flexibility index (Phi) is 4.25. The molecule has 1 amide bonds. The van der Waals surface area contributed by atoms with E-state index in [0.717, 1.165) is 17.3 Å². The summed E-state index contributed by atoms with van der Waals surface area (Å²) in [5.41, 5.74) is 1.73. The zero-order valence-corrected chi connectivity index (χ0v) is 15.6. The number of aromatic nitrogens is 2. The van der Waals surface area contributed by atoms with Crippen molar-refractivity contribution in [2.24, 2.45) is 0 Å². The highest BCUT2D eigenvalue weighted by Crippen LogP contribution is 2.25. The first kappa shape index (κ1) is 17.1. The van der Waals surface area contributed by atoms with E-state index >= 15 is 0 Å². The molecule has 0 radical (unpaired) electrons. The number of furan rings is 1. The number of amides is 1. The monoisotopic (exact) mass is 392 g/mol. The molecule has 0 atom stereocenters. The van der Waals surface area contributed by atoms with Gasteiger partial charge in [0.25, 0.3) is 5.91 Å². The molecule has 26 heavy (non-hydrogen) atoms. The highest BCUT2D eigenvalue weighted by atomic mass is 32.2. The molecule has 3 heterocycles. The minimum Gasteiger partial charge on any atom is -0.459 e. The lowest BCUT2D eigenvalue weighted by Gasteiger charge is -2.33. The summed E-state index contributed by atoms with van der Waals surface area (Å²) in [5.74, 6) is 0.0926. The number of nitrogens with zero attached hydrogens (tertiary/aromatic N) is 4. The molecular formula is C16H16N4O4S2. The lowest BCUT2D eigenvalue weighted by atomic mass is 10.2. The third kappa shape index (κ3) is 2.79. The van der Waals surface area contributed by atoms with Crippen molar-refractivity contribution >= 4 is 38.7 Å². The van der Waals surface area contributed by atoms with E-state index in [1.54, 1.807) is 36.1 Å². The Labute approximate surface area is 154 Å².